The van der Waals surface area contributed by atoms with Crippen LogP contribution >= 0.6 is 0 Å². The Labute approximate surface area is 116 Å². The molecule has 106 valence electrons. The molecule has 0 spiro atoms. The van der Waals surface area contributed by atoms with Crippen LogP contribution in [0.25, 0.3) is 16.6 Å². The van der Waals surface area contributed by atoms with Crippen LogP contribution in [0.1, 0.15) is 23.3 Å². The summed E-state index contributed by atoms with van der Waals surface area (Å²) in [5.74, 6) is -0.885. The Balaban J connectivity index is 1.96. The fourth-order valence-corrected chi connectivity index (χ4v) is 2.26. The van der Waals surface area contributed by atoms with Gasteiger partial charge >= 0.3 is 0 Å². The van der Waals surface area contributed by atoms with Gasteiger partial charge in [-0.05, 0) is 31.0 Å². The third kappa shape index (κ3) is 1.87. The molecule has 3 aromatic rings. The summed E-state index contributed by atoms with van der Waals surface area (Å²) < 4.78 is 14.5. The van der Waals surface area contributed by atoms with E-state index in [1.165, 1.54) is 22.7 Å². The average Bonchev–Trinajstić information content (AvgIpc) is 3.13. The maximum atomic E-state index is 13.2. The van der Waals surface area contributed by atoms with Crippen molar-refractivity contribution >= 4 is 22.5 Å². The molecule has 0 saturated heterocycles. The maximum Gasteiger partial charge on any atom is 0.277 e. The van der Waals surface area contributed by atoms with Gasteiger partial charge < -0.3 is 10.3 Å². The first-order chi connectivity index (χ1) is 10.1. The predicted molar refractivity (Wildman–Crippen MR) is 71.6 cm³/mol. The number of rotatable bonds is 2. The zero-order valence-corrected chi connectivity index (χ0v) is 10.8. The topological polar surface area (TPSA) is 92.2 Å². The largest absolute Gasteiger partial charge is 0.348 e. The number of halogens is 1. The Morgan fingerprint density at radius 1 is 1.43 bits per heavy atom. The third-order valence-electron chi connectivity index (χ3n) is 3.45. The second-order valence-electron chi connectivity index (χ2n) is 5.06. The quantitative estimate of drug-likeness (QED) is 0.722. The second-order valence-corrected chi connectivity index (χ2v) is 5.06. The molecule has 0 radical (unpaired) electrons. The van der Waals surface area contributed by atoms with Gasteiger partial charge in [-0.2, -0.15) is 0 Å². The van der Waals surface area contributed by atoms with Crippen LogP contribution in [0.5, 0.6) is 0 Å². The highest BCUT2D eigenvalue weighted by molar-refractivity contribution is 5.99. The fraction of sp³-hybridized carbons (Fsp3) is 0.231. The molecule has 0 unspecified atom stereocenters. The Bertz CT molecular complexity index is 941. The first kappa shape index (κ1) is 12.0. The molecular formula is C13H10FN5O2. The molecule has 21 heavy (non-hydrogen) atoms. The van der Waals surface area contributed by atoms with Gasteiger partial charge in [-0.1, -0.05) is 5.21 Å². The van der Waals surface area contributed by atoms with Crippen LogP contribution in [-0.2, 0) is 0 Å². The molecular weight excluding hydrogens is 277 g/mol. The van der Waals surface area contributed by atoms with E-state index < -0.39 is 17.3 Å². The lowest BCUT2D eigenvalue weighted by Crippen LogP contribution is -2.27. The highest BCUT2D eigenvalue weighted by atomic mass is 19.1. The molecule has 0 bridgehead atoms. The number of nitrogens with one attached hydrogen (secondary N) is 2. The van der Waals surface area contributed by atoms with E-state index in [4.69, 9.17) is 0 Å². The van der Waals surface area contributed by atoms with Crippen molar-refractivity contribution < 1.29 is 9.18 Å². The van der Waals surface area contributed by atoms with Crippen molar-refractivity contribution in [3.05, 3.63) is 40.1 Å². The summed E-state index contributed by atoms with van der Waals surface area (Å²) in [4.78, 5) is 26.8. The standard InChI is InChI=1S/C13H10FN5O2/c14-6-1-4-9-8(5-6)16-13(21)11-10(17-18-19(9)11)12(20)15-7-2-3-7/h1,4-5,7H,2-3H2,(H,15,20)(H,16,21). The number of aromatic amines is 1. The van der Waals surface area contributed by atoms with Crippen LogP contribution in [0.4, 0.5) is 4.39 Å². The zero-order chi connectivity index (χ0) is 14.6. The van der Waals surface area contributed by atoms with Crippen molar-refractivity contribution in [3.63, 3.8) is 0 Å². The van der Waals surface area contributed by atoms with Crippen LogP contribution in [-0.4, -0.2) is 31.8 Å². The van der Waals surface area contributed by atoms with Crippen LogP contribution in [0, 0.1) is 5.82 Å². The van der Waals surface area contributed by atoms with Crippen LogP contribution in [0.3, 0.4) is 0 Å². The average molecular weight is 287 g/mol. The molecule has 1 saturated carbocycles. The second kappa shape index (κ2) is 4.11. The van der Waals surface area contributed by atoms with E-state index in [0.29, 0.717) is 11.0 Å². The minimum Gasteiger partial charge on any atom is -0.348 e. The SMILES string of the molecule is O=C(NC1CC1)c1nnn2c1c(=O)[nH]c1cc(F)ccc12. The number of fused-ring (bicyclic) bond motifs is 3. The van der Waals surface area contributed by atoms with Gasteiger partial charge in [0.05, 0.1) is 11.0 Å². The molecule has 1 aliphatic rings. The van der Waals surface area contributed by atoms with Crippen molar-refractivity contribution in [1.29, 1.82) is 0 Å². The smallest absolute Gasteiger partial charge is 0.277 e. The molecule has 2 heterocycles. The molecule has 4 rings (SSSR count). The Morgan fingerprint density at radius 3 is 3.00 bits per heavy atom. The number of benzene rings is 1. The molecule has 2 aromatic heterocycles. The van der Waals surface area contributed by atoms with Gasteiger partial charge in [0.25, 0.3) is 11.5 Å². The van der Waals surface area contributed by atoms with Crippen molar-refractivity contribution in [2.45, 2.75) is 18.9 Å². The fourth-order valence-electron chi connectivity index (χ4n) is 2.26. The molecule has 0 atom stereocenters. The lowest BCUT2D eigenvalue weighted by Gasteiger charge is -2.02. The highest BCUT2D eigenvalue weighted by Gasteiger charge is 2.27. The van der Waals surface area contributed by atoms with E-state index in [1.54, 1.807) is 0 Å². The van der Waals surface area contributed by atoms with Crippen LogP contribution < -0.4 is 10.9 Å². The summed E-state index contributed by atoms with van der Waals surface area (Å²) in [5, 5.41) is 10.4. The Kier molecular flexibility index (Phi) is 2.35. The minimum absolute atomic E-state index is 0.0191. The van der Waals surface area contributed by atoms with Gasteiger partial charge in [0, 0.05) is 6.04 Å². The van der Waals surface area contributed by atoms with Crippen molar-refractivity contribution in [3.8, 4) is 0 Å². The number of hydrogen-bond donors (Lipinski definition) is 2. The summed E-state index contributed by atoms with van der Waals surface area (Å²) >= 11 is 0. The number of carbonyl (C=O) groups is 1. The summed E-state index contributed by atoms with van der Waals surface area (Å²) in [6.45, 7) is 0. The van der Waals surface area contributed by atoms with E-state index in [-0.39, 0.29) is 17.3 Å². The van der Waals surface area contributed by atoms with Crippen LogP contribution in [0.2, 0.25) is 0 Å². The van der Waals surface area contributed by atoms with E-state index in [0.717, 1.165) is 12.8 Å². The van der Waals surface area contributed by atoms with E-state index in [1.807, 2.05) is 0 Å². The van der Waals surface area contributed by atoms with Gasteiger partial charge in [0.1, 0.15) is 5.82 Å². The number of aromatic nitrogens is 4. The van der Waals surface area contributed by atoms with Crippen LogP contribution in [0.15, 0.2) is 23.0 Å². The molecule has 7 nitrogen and oxygen atoms in total. The first-order valence-corrected chi connectivity index (χ1v) is 6.51. The summed E-state index contributed by atoms with van der Waals surface area (Å²) in [6.07, 6.45) is 1.87. The maximum absolute atomic E-state index is 13.2. The van der Waals surface area contributed by atoms with Crippen molar-refractivity contribution in [2.75, 3.05) is 0 Å². The minimum atomic E-state index is -0.529. The number of carbonyl (C=O) groups excluding carboxylic acids is 1. The molecule has 2 N–H and O–H groups in total. The summed E-state index contributed by atoms with van der Waals surface area (Å²) in [5.41, 5.74) is 0.288. The van der Waals surface area contributed by atoms with Gasteiger partial charge in [0.15, 0.2) is 11.2 Å². The zero-order valence-electron chi connectivity index (χ0n) is 10.8. The summed E-state index contributed by atoms with van der Waals surface area (Å²) in [6, 6.07) is 4.08. The number of amides is 1. The van der Waals surface area contributed by atoms with Gasteiger partial charge in [-0.15, -0.1) is 5.10 Å². The first-order valence-electron chi connectivity index (χ1n) is 6.51. The summed E-state index contributed by atoms with van der Waals surface area (Å²) in [7, 11) is 0. The molecule has 0 aliphatic heterocycles. The van der Waals surface area contributed by atoms with Crippen molar-refractivity contribution in [1.82, 2.24) is 25.1 Å². The number of hydrogen-bond acceptors (Lipinski definition) is 4. The number of nitrogens with zero attached hydrogens (tertiary/aromatic N) is 3. The lowest BCUT2D eigenvalue weighted by molar-refractivity contribution is 0.0947. The molecule has 1 aromatic carbocycles. The molecule has 8 heteroatoms. The Morgan fingerprint density at radius 2 is 2.24 bits per heavy atom. The van der Waals surface area contributed by atoms with E-state index >= 15 is 0 Å². The Hall–Kier alpha value is -2.77. The van der Waals surface area contributed by atoms with E-state index in [2.05, 4.69) is 20.6 Å². The third-order valence-corrected chi connectivity index (χ3v) is 3.45. The predicted octanol–water partition coefficient (Wildman–Crippen LogP) is 0.602. The normalized spacial score (nSPS) is 14.7. The van der Waals surface area contributed by atoms with Gasteiger partial charge in [-0.25, -0.2) is 8.91 Å². The molecule has 1 amide bonds. The van der Waals surface area contributed by atoms with Gasteiger partial charge in [0.2, 0.25) is 0 Å². The lowest BCUT2D eigenvalue weighted by atomic mass is 10.2. The van der Waals surface area contributed by atoms with Crippen molar-refractivity contribution in [2.24, 2.45) is 0 Å². The highest BCUT2D eigenvalue weighted by Crippen LogP contribution is 2.20. The molecule has 1 fully saturated rings. The monoisotopic (exact) mass is 287 g/mol. The van der Waals surface area contributed by atoms with Gasteiger partial charge in [-0.3, -0.25) is 9.59 Å². The van der Waals surface area contributed by atoms with E-state index in [9.17, 15) is 14.0 Å². The molecule has 1 aliphatic carbocycles. The number of H-pyrrole nitrogens is 1.